The highest BCUT2D eigenvalue weighted by Gasteiger charge is 2.14. The van der Waals surface area contributed by atoms with Crippen LogP contribution in [0.25, 0.3) is 0 Å². The summed E-state index contributed by atoms with van der Waals surface area (Å²) in [4.78, 5) is 10.3. The summed E-state index contributed by atoms with van der Waals surface area (Å²) < 4.78 is 11.0. The summed E-state index contributed by atoms with van der Waals surface area (Å²) in [6, 6.07) is 0. The van der Waals surface area contributed by atoms with Gasteiger partial charge in [-0.25, -0.2) is 5.09 Å². The molecule has 15 heavy (non-hydrogen) atoms. The number of carboxylic acid groups (broad SMARTS) is 1. The average molecular weight is 237 g/mol. The third kappa shape index (κ3) is 10.1. The zero-order valence-electron chi connectivity index (χ0n) is 9.69. The topological polar surface area (TPSA) is 67.8 Å². The molecule has 0 aliphatic rings. The fraction of sp³-hybridized carbons (Fsp3) is 0.889. The van der Waals surface area contributed by atoms with Gasteiger partial charge in [-0.3, -0.25) is 4.79 Å². The van der Waals surface area contributed by atoms with E-state index in [1.807, 2.05) is 27.7 Å². The van der Waals surface area contributed by atoms with Crippen molar-refractivity contribution in [1.29, 1.82) is 0 Å². The molecule has 5 nitrogen and oxygen atoms in total. The van der Waals surface area contributed by atoms with E-state index in [0.29, 0.717) is 6.54 Å². The monoisotopic (exact) mass is 237 g/mol. The molecule has 0 amide bonds. The summed E-state index contributed by atoms with van der Waals surface area (Å²) in [5.74, 6) is -0.827. The maximum absolute atomic E-state index is 10.3. The van der Waals surface area contributed by atoms with Crippen LogP contribution in [-0.2, 0) is 13.8 Å². The van der Waals surface area contributed by atoms with Gasteiger partial charge in [0.05, 0.1) is 18.6 Å². The first-order valence-corrected chi connectivity index (χ1v) is 6.18. The predicted octanol–water partition coefficient (Wildman–Crippen LogP) is 2.13. The van der Waals surface area contributed by atoms with Crippen molar-refractivity contribution in [3.63, 3.8) is 0 Å². The van der Waals surface area contributed by atoms with Crippen molar-refractivity contribution in [3.8, 4) is 0 Å². The molecule has 0 heterocycles. The Hall–Kier alpha value is -0.220. The van der Waals surface area contributed by atoms with Crippen molar-refractivity contribution >= 4 is 14.5 Å². The van der Waals surface area contributed by atoms with Gasteiger partial charge in [0, 0.05) is 6.54 Å². The Balaban J connectivity index is 3.84. The molecule has 0 unspecified atom stereocenters. The first-order valence-electron chi connectivity index (χ1n) is 5.00. The van der Waals surface area contributed by atoms with Gasteiger partial charge in [0.1, 0.15) is 0 Å². The molecule has 6 heteroatoms. The average Bonchev–Trinajstić information content (AvgIpc) is 2.00. The van der Waals surface area contributed by atoms with Gasteiger partial charge in [0.25, 0.3) is 8.53 Å². The molecular formula is C9H20NO4P. The number of carboxylic acids is 1. The third-order valence-corrected chi connectivity index (χ3v) is 2.90. The summed E-state index contributed by atoms with van der Waals surface area (Å²) >= 11 is 0. The molecule has 2 N–H and O–H groups in total. The van der Waals surface area contributed by atoms with Gasteiger partial charge < -0.3 is 14.2 Å². The van der Waals surface area contributed by atoms with Crippen LogP contribution in [0.5, 0.6) is 0 Å². The molecule has 0 bridgehead atoms. The molecule has 90 valence electrons. The van der Waals surface area contributed by atoms with Gasteiger partial charge in [-0.1, -0.05) is 0 Å². The molecular weight excluding hydrogens is 217 g/mol. The lowest BCUT2D eigenvalue weighted by Gasteiger charge is -2.21. The quantitative estimate of drug-likeness (QED) is 0.633. The maximum atomic E-state index is 10.3. The Labute approximate surface area is 92.1 Å². The van der Waals surface area contributed by atoms with Crippen molar-refractivity contribution in [2.24, 2.45) is 0 Å². The predicted molar refractivity (Wildman–Crippen MR) is 59.6 cm³/mol. The van der Waals surface area contributed by atoms with Gasteiger partial charge in [0.15, 0.2) is 0 Å². The van der Waals surface area contributed by atoms with Gasteiger partial charge in [-0.15, -0.1) is 0 Å². The second-order valence-electron chi connectivity index (χ2n) is 3.62. The lowest BCUT2D eigenvalue weighted by molar-refractivity contribution is -0.136. The van der Waals surface area contributed by atoms with E-state index in [0.717, 1.165) is 0 Å². The fourth-order valence-electron chi connectivity index (χ4n) is 0.736. The Morgan fingerprint density at radius 2 is 1.73 bits per heavy atom. The molecule has 0 atom stereocenters. The van der Waals surface area contributed by atoms with Crippen LogP contribution in [0.2, 0.25) is 0 Å². The molecule has 0 aromatic heterocycles. The highest BCUT2D eigenvalue weighted by Crippen LogP contribution is 2.36. The molecule has 0 radical (unpaired) electrons. The van der Waals surface area contributed by atoms with Crippen molar-refractivity contribution in [2.45, 2.75) is 46.3 Å². The van der Waals surface area contributed by atoms with Crippen LogP contribution in [0.3, 0.4) is 0 Å². The number of hydrogen-bond donors (Lipinski definition) is 2. The van der Waals surface area contributed by atoms with E-state index in [-0.39, 0.29) is 18.6 Å². The molecule has 0 aromatic carbocycles. The largest absolute Gasteiger partial charge is 0.481 e. The summed E-state index contributed by atoms with van der Waals surface area (Å²) in [6.45, 7) is 8.02. The second-order valence-corrected chi connectivity index (χ2v) is 4.87. The van der Waals surface area contributed by atoms with Crippen molar-refractivity contribution in [2.75, 3.05) is 6.54 Å². The molecule has 0 aromatic rings. The van der Waals surface area contributed by atoms with Gasteiger partial charge in [-0.2, -0.15) is 0 Å². The zero-order chi connectivity index (χ0) is 11.8. The van der Waals surface area contributed by atoms with Crippen LogP contribution in [0.4, 0.5) is 0 Å². The zero-order valence-corrected chi connectivity index (χ0v) is 10.6. The van der Waals surface area contributed by atoms with Gasteiger partial charge in [-0.05, 0) is 27.7 Å². The van der Waals surface area contributed by atoms with E-state index in [4.69, 9.17) is 14.2 Å². The van der Waals surface area contributed by atoms with Crippen molar-refractivity contribution < 1.29 is 18.9 Å². The lowest BCUT2D eigenvalue weighted by atomic mass is 10.5. The van der Waals surface area contributed by atoms with Gasteiger partial charge in [0.2, 0.25) is 0 Å². The minimum Gasteiger partial charge on any atom is -0.481 e. The molecule has 0 saturated carbocycles. The van der Waals surface area contributed by atoms with Crippen molar-refractivity contribution in [1.82, 2.24) is 5.09 Å². The van der Waals surface area contributed by atoms with Gasteiger partial charge >= 0.3 is 5.97 Å². The highest BCUT2D eigenvalue weighted by molar-refractivity contribution is 7.45. The summed E-state index contributed by atoms with van der Waals surface area (Å²) in [5, 5.41) is 11.4. The number of rotatable bonds is 8. The highest BCUT2D eigenvalue weighted by atomic mass is 31.2. The summed E-state index contributed by atoms with van der Waals surface area (Å²) in [7, 11) is -1.18. The number of nitrogens with one attached hydrogen (secondary N) is 1. The van der Waals surface area contributed by atoms with Crippen LogP contribution < -0.4 is 5.09 Å². The Bertz CT molecular complexity index is 177. The van der Waals surface area contributed by atoms with Crippen LogP contribution in [-0.4, -0.2) is 29.8 Å². The molecule has 0 fully saturated rings. The number of carbonyl (C=O) groups is 1. The fourth-order valence-corrected chi connectivity index (χ4v) is 2.00. The van der Waals surface area contributed by atoms with E-state index in [2.05, 4.69) is 5.09 Å². The summed E-state index contributed by atoms with van der Waals surface area (Å²) in [6.07, 6.45) is 0.196. The molecule has 0 spiro atoms. The van der Waals surface area contributed by atoms with Crippen LogP contribution >= 0.6 is 8.53 Å². The van der Waals surface area contributed by atoms with E-state index < -0.39 is 14.5 Å². The minimum absolute atomic E-state index is 0.0622. The standard InChI is InChI=1S/C9H20NO4P/c1-7(2)13-15(14-8(3)4)10-6-5-9(11)12/h7-8,10H,5-6H2,1-4H3,(H,11,12). The lowest BCUT2D eigenvalue weighted by Crippen LogP contribution is -2.19. The van der Waals surface area contributed by atoms with Crippen molar-refractivity contribution in [3.05, 3.63) is 0 Å². The third-order valence-electron chi connectivity index (χ3n) is 1.19. The maximum Gasteiger partial charge on any atom is 0.304 e. The van der Waals surface area contributed by atoms with Crippen LogP contribution in [0.1, 0.15) is 34.1 Å². The van der Waals surface area contributed by atoms with E-state index >= 15 is 0 Å². The number of hydrogen-bond acceptors (Lipinski definition) is 4. The first-order chi connectivity index (χ1) is 6.91. The molecule has 0 rings (SSSR count). The normalized spacial score (nSPS) is 11.7. The Morgan fingerprint density at radius 1 is 1.27 bits per heavy atom. The smallest absolute Gasteiger partial charge is 0.304 e. The summed E-state index contributed by atoms with van der Waals surface area (Å²) in [5.41, 5.74) is 0. The number of aliphatic carboxylic acids is 1. The van der Waals surface area contributed by atoms with E-state index in [1.54, 1.807) is 0 Å². The molecule has 0 aliphatic heterocycles. The van der Waals surface area contributed by atoms with E-state index in [9.17, 15) is 4.79 Å². The second kappa shape index (κ2) is 7.99. The SMILES string of the molecule is CC(C)OP(NCCC(=O)O)OC(C)C. The van der Waals surface area contributed by atoms with Crippen LogP contribution in [0.15, 0.2) is 0 Å². The Kier molecular flexibility index (Phi) is 7.88. The van der Waals surface area contributed by atoms with Crippen LogP contribution in [0, 0.1) is 0 Å². The molecule has 0 aliphatic carbocycles. The minimum atomic E-state index is -1.18. The molecule has 0 saturated heterocycles. The Morgan fingerprint density at radius 3 is 2.07 bits per heavy atom. The van der Waals surface area contributed by atoms with E-state index in [1.165, 1.54) is 0 Å². The first kappa shape index (κ1) is 14.8.